The van der Waals surface area contributed by atoms with E-state index in [2.05, 4.69) is 37.4 Å². The van der Waals surface area contributed by atoms with Gasteiger partial charge in [-0.25, -0.2) is 0 Å². The zero-order chi connectivity index (χ0) is 15.4. The molecule has 0 amide bonds. The molecule has 21 heavy (non-hydrogen) atoms. The maximum atomic E-state index is 6.16. The van der Waals surface area contributed by atoms with Crippen molar-refractivity contribution >= 4 is 17.3 Å². The molecule has 0 aliphatic rings. The fourth-order valence-corrected chi connectivity index (χ4v) is 2.54. The molecule has 0 spiro atoms. The Morgan fingerprint density at radius 2 is 1.52 bits per heavy atom. The Hall–Kier alpha value is -1.67. The molecule has 2 aromatic rings. The van der Waals surface area contributed by atoms with Crippen LogP contribution >= 0.6 is 11.6 Å². The maximum absolute atomic E-state index is 6.16. The number of nitrogens with one attached hydrogen (secondary N) is 1. The molecule has 0 saturated heterocycles. The molecule has 0 aliphatic carbocycles. The smallest absolute Gasteiger partial charge is 0.120 e. The summed E-state index contributed by atoms with van der Waals surface area (Å²) in [6.07, 6.45) is 0. The van der Waals surface area contributed by atoms with E-state index in [0.29, 0.717) is 6.61 Å². The van der Waals surface area contributed by atoms with Gasteiger partial charge in [0.05, 0.1) is 0 Å². The second-order valence-corrected chi connectivity index (χ2v) is 5.79. The van der Waals surface area contributed by atoms with Crippen LogP contribution in [0.2, 0.25) is 5.02 Å². The van der Waals surface area contributed by atoms with Gasteiger partial charge < -0.3 is 10.1 Å². The van der Waals surface area contributed by atoms with E-state index in [1.54, 1.807) is 0 Å². The second-order valence-electron chi connectivity index (χ2n) is 5.41. The highest BCUT2D eigenvalue weighted by Gasteiger charge is 2.04. The van der Waals surface area contributed by atoms with Crippen LogP contribution in [-0.4, -0.2) is 13.2 Å². The normalized spacial score (nSPS) is 10.5. The average molecular weight is 304 g/mol. The van der Waals surface area contributed by atoms with Crippen molar-refractivity contribution in [2.75, 3.05) is 18.5 Å². The Bertz CT molecular complexity index is 594. The molecule has 0 radical (unpaired) electrons. The topological polar surface area (TPSA) is 21.3 Å². The fourth-order valence-electron chi connectivity index (χ4n) is 2.43. The third-order valence-electron chi connectivity index (χ3n) is 3.56. The van der Waals surface area contributed by atoms with E-state index in [9.17, 15) is 0 Å². The van der Waals surface area contributed by atoms with Crippen LogP contribution in [0.4, 0.5) is 5.69 Å². The molecule has 2 rings (SSSR count). The molecule has 0 aliphatic heterocycles. The van der Waals surface area contributed by atoms with Crippen LogP contribution in [0.1, 0.15) is 22.3 Å². The van der Waals surface area contributed by atoms with Crippen molar-refractivity contribution in [3.63, 3.8) is 0 Å². The molecule has 0 fully saturated rings. The highest BCUT2D eigenvalue weighted by atomic mass is 35.5. The summed E-state index contributed by atoms with van der Waals surface area (Å²) in [5.74, 6) is 0.873. The summed E-state index contributed by atoms with van der Waals surface area (Å²) in [6, 6.07) is 10.3. The fraction of sp³-hybridized carbons (Fsp3) is 0.333. The quantitative estimate of drug-likeness (QED) is 0.779. The number of ether oxygens (including phenoxy) is 1. The second kappa shape index (κ2) is 6.86. The van der Waals surface area contributed by atoms with Crippen molar-refractivity contribution in [1.29, 1.82) is 0 Å². The minimum absolute atomic E-state index is 0.619. The van der Waals surface area contributed by atoms with Crippen LogP contribution in [0.5, 0.6) is 5.75 Å². The van der Waals surface area contributed by atoms with Crippen molar-refractivity contribution < 1.29 is 4.74 Å². The van der Waals surface area contributed by atoms with E-state index in [4.69, 9.17) is 16.3 Å². The van der Waals surface area contributed by atoms with Gasteiger partial charge in [0.25, 0.3) is 0 Å². The van der Waals surface area contributed by atoms with Gasteiger partial charge in [0.2, 0.25) is 0 Å². The molecular formula is C18H22ClNO. The molecule has 0 atom stereocenters. The molecule has 0 aromatic heterocycles. The largest absolute Gasteiger partial charge is 0.492 e. The van der Waals surface area contributed by atoms with Gasteiger partial charge in [-0.1, -0.05) is 29.8 Å². The number of hydrogen-bond acceptors (Lipinski definition) is 2. The standard InChI is InChI=1S/C18H22ClNO/c1-12-6-5-7-13(2)18(12)20-8-9-21-16-10-14(3)17(19)15(4)11-16/h5-7,10-11,20H,8-9H2,1-4H3. The molecule has 112 valence electrons. The Morgan fingerprint density at radius 3 is 2.10 bits per heavy atom. The lowest BCUT2D eigenvalue weighted by molar-refractivity contribution is 0.332. The van der Waals surface area contributed by atoms with Crippen LogP contribution in [0.15, 0.2) is 30.3 Å². The first-order valence-corrected chi connectivity index (χ1v) is 7.56. The van der Waals surface area contributed by atoms with Gasteiger partial charge in [0.1, 0.15) is 12.4 Å². The molecule has 0 bridgehead atoms. The summed E-state index contributed by atoms with van der Waals surface area (Å²) in [5.41, 5.74) is 5.81. The molecule has 3 heteroatoms. The first kappa shape index (κ1) is 15.7. The van der Waals surface area contributed by atoms with Gasteiger partial charge in [-0.3, -0.25) is 0 Å². The van der Waals surface area contributed by atoms with Crippen molar-refractivity contribution in [2.24, 2.45) is 0 Å². The molecule has 0 unspecified atom stereocenters. The monoisotopic (exact) mass is 303 g/mol. The van der Waals surface area contributed by atoms with E-state index >= 15 is 0 Å². The predicted molar refractivity (Wildman–Crippen MR) is 90.8 cm³/mol. The first-order valence-electron chi connectivity index (χ1n) is 7.18. The zero-order valence-corrected chi connectivity index (χ0v) is 13.8. The third kappa shape index (κ3) is 3.92. The van der Waals surface area contributed by atoms with Crippen molar-refractivity contribution in [1.82, 2.24) is 0 Å². The minimum atomic E-state index is 0.619. The number of hydrogen-bond donors (Lipinski definition) is 1. The number of anilines is 1. The number of aryl methyl sites for hydroxylation is 4. The lowest BCUT2D eigenvalue weighted by Crippen LogP contribution is -2.13. The van der Waals surface area contributed by atoms with E-state index in [1.807, 2.05) is 26.0 Å². The predicted octanol–water partition coefficient (Wildman–Crippen LogP) is 5.06. The Morgan fingerprint density at radius 1 is 0.952 bits per heavy atom. The Labute approximate surface area is 132 Å². The summed E-state index contributed by atoms with van der Waals surface area (Å²) >= 11 is 6.16. The Kier molecular flexibility index (Phi) is 5.13. The molecule has 0 saturated carbocycles. The van der Waals surface area contributed by atoms with Crippen LogP contribution in [0.3, 0.4) is 0 Å². The van der Waals surface area contributed by atoms with Crippen LogP contribution in [0, 0.1) is 27.7 Å². The van der Waals surface area contributed by atoms with Gasteiger partial charge >= 0.3 is 0 Å². The van der Waals surface area contributed by atoms with Gasteiger partial charge in [-0.15, -0.1) is 0 Å². The molecule has 2 nitrogen and oxygen atoms in total. The molecule has 1 N–H and O–H groups in total. The van der Waals surface area contributed by atoms with E-state index in [-0.39, 0.29) is 0 Å². The molecular weight excluding hydrogens is 282 g/mol. The first-order chi connectivity index (χ1) is 9.99. The van der Waals surface area contributed by atoms with Gasteiger partial charge in [0, 0.05) is 17.3 Å². The highest BCUT2D eigenvalue weighted by Crippen LogP contribution is 2.26. The molecule has 2 aromatic carbocycles. The zero-order valence-electron chi connectivity index (χ0n) is 13.1. The molecule has 0 heterocycles. The lowest BCUT2D eigenvalue weighted by atomic mass is 10.1. The average Bonchev–Trinajstić information content (AvgIpc) is 2.43. The summed E-state index contributed by atoms with van der Waals surface area (Å²) in [4.78, 5) is 0. The summed E-state index contributed by atoms with van der Waals surface area (Å²) < 4.78 is 5.80. The number of para-hydroxylation sites is 1. The van der Waals surface area contributed by atoms with Gasteiger partial charge in [0.15, 0.2) is 0 Å². The van der Waals surface area contributed by atoms with Crippen molar-refractivity contribution in [3.05, 3.63) is 57.6 Å². The maximum Gasteiger partial charge on any atom is 0.120 e. The summed E-state index contributed by atoms with van der Waals surface area (Å²) in [5, 5.41) is 4.26. The van der Waals surface area contributed by atoms with E-state index < -0.39 is 0 Å². The highest BCUT2D eigenvalue weighted by molar-refractivity contribution is 6.32. The SMILES string of the molecule is Cc1cc(OCCNc2c(C)cccc2C)cc(C)c1Cl. The number of benzene rings is 2. The van der Waals surface area contributed by atoms with Gasteiger partial charge in [-0.2, -0.15) is 0 Å². The van der Waals surface area contributed by atoms with E-state index in [0.717, 1.165) is 28.4 Å². The minimum Gasteiger partial charge on any atom is -0.492 e. The van der Waals surface area contributed by atoms with Gasteiger partial charge in [-0.05, 0) is 62.1 Å². The van der Waals surface area contributed by atoms with E-state index in [1.165, 1.54) is 16.8 Å². The summed E-state index contributed by atoms with van der Waals surface area (Å²) in [6.45, 7) is 9.61. The Balaban J connectivity index is 1.91. The lowest BCUT2D eigenvalue weighted by Gasteiger charge is -2.14. The van der Waals surface area contributed by atoms with Crippen LogP contribution in [0.25, 0.3) is 0 Å². The van der Waals surface area contributed by atoms with Crippen molar-refractivity contribution in [3.8, 4) is 5.75 Å². The van der Waals surface area contributed by atoms with Crippen LogP contribution in [-0.2, 0) is 0 Å². The third-order valence-corrected chi connectivity index (χ3v) is 4.16. The van der Waals surface area contributed by atoms with Crippen molar-refractivity contribution in [2.45, 2.75) is 27.7 Å². The number of rotatable bonds is 5. The summed E-state index contributed by atoms with van der Waals surface area (Å²) in [7, 11) is 0. The number of halogens is 1. The van der Waals surface area contributed by atoms with Crippen LogP contribution < -0.4 is 10.1 Å².